The molecule has 7 heteroatoms. The van der Waals surface area contributed by atoms with E-state index in [9.17, 15) is 14.0 Å². The smallest absolute Gasteiger partial charge is 0.412 e. The van der Waals surface area contributed by atoms with E-state index in [1.165, 1.54) is 12.1 Å². The first kappa shape index (κ1) is 14.8. The molecule has 1 aromatic carbocycles. The molecule has 112 valence electrons. The number of H-pyrrole nitrogens is 1. The van der Waals surface area contributed by atoms with Crippen molar-refractivity contribution in [2.45, 2.75) is 26.4 Å². The standard InChI is InChI=1S/C14H15FN2O4/c1-14(2,3)21-13(20)17-10-8-6-7(15)4-5-9(8)16-11(10)12(18)19/h4-6,16H,1-3H3,(H,17,20)(H,18,19). The monoisotopic (exact) mass is 294 g/mol. The van der Waals surface area contributed by atoms with Crippen molar-refractivity contribution in [2.24, 2.45) is 0 Å². The molecule has 0 unspecified atom stereocenters. The second kappa shape index (κ2) is 5.08. The molecular formula is C14H15FN2O4. The average Bonchev–Trinajstić information content (AvgIpc) is 2.65. The molecule has 2 aromatic rings. The van der Waals surface area contributed by atoms with Crippen LogP contribution in [0.3, 0.4) is 0 Å². The van der Waals surface area contributed by atoms with Crippen LogP contribution in [0.4, 0.5) is 14.9 Å². The number of hydrogen-bond acceptors (Lipinski definition) is 3. The first-order valence-electron chi connectivity index (χ1n) is 6.22. The van der Waals surface area contributed by atoms with Gasteiger partial charge in [-0.05, 0) is 39.0 Å². The van der Waals surface area contributed by atoms with Crippen molar-refractivity contribution in [2.75, 3.05) is 5.32 Å². The summed E-state index contributed by atoms with van der Waals surface area (Å²) >= 11 is 0. The minimum atomic E-state index is -1.27. The molecule has 0 atom stereocenters. The molecular weight excluding hydrogens is 279 g/mol. The summed E-state index contributed by atoms with van der Waals surface area (Å²) in [6, 6.07) is 3.74. The van der Waals surface area contributed by atoms with Crippen molar-refractivity contribution in [3.05, 3.63) is 29.7 Å². The predicted molar refractivity (Wildman–Crippen MR) is 75.1 cm³/mol. The Hall–Kier alpha value is -2.57. The summed E-state index contributed by atoms with van der Waals surface area (Å²) < 4.78 is 18.4. The number of aromatic nitrogens is 1. The molecule has 1 amide bonds. The van der Waals surface area contributed by atoms with Crippen molar-refractivity contribution in [1.82, 2.24) is 4.98 Å². The molecule has 0 spiro atoms. The van der Waals surface area contributed by atoms with Gasteiger partial charge in [-0.1, -0.05) is 0 Å². The minimum Gasteiger partial charge on any atom is -0.477 e. The van der Waals surface area contributed by atoms with E-state index in [4.69, 9.17) is 9.84 Å². The van der Waals surface area contributed by atoms with E-state index in [1.807, 2.05) is 0 Å². The van der Waals surface area contributed by atoms with Crippen LogP contribution in [0.5, 0.6) is 0 Å². The summed E-state index contributed by atoms with van der Waals surface area (Å²) in [6.07, 6.45) is -0.810. The number of amides is 1. The van der Waals surface area contributed by atoms with Gasteiger partial charge < -0.3 is 14.8 Å². The Morgan fingerprint density at radius 3 is 2.57 bits per heavy atom. The summed E-state index contributed by atoms with van der Waals surface area (Å²) in [4.78, 5) is 25.6. The Kier molecular flexibility index (Phi) is 3.59. The van der Waals surface area contributed by atoms with Gasteiger partial charge in [-0.25, -0.2) is 14.0 Å². The van der Waals surface area contributed by atoms with Crippen LogP contribution in [0, 0.1) is 5.82 Å². The zero-order chi connectivity index (χ0) is 15.8. The first-order chi connectivity index (χ1) is 9.67. The quantitative estimate of drug-likeness (QED) is 0.792. The van der Waals surface area contributed by atoms with Crippen LogP contribution in [-0.2, 0) is 4.74 Å². The van der Waals surface area contributed by atoms with Gasteiger partial charge in [-0.2, -0.15) is 0 Å². The molecule has 0 saturated carbocycles. The number of anilines is 1. The molecule has 0 saturated heterocycles. The van der Waals surface area contributed by atoms with E-state index in [0.717, 1.165) is 6.07 Å². The third-order valence-corrected chi connectivity index (χ3v) is 2.60. The number of carbonyl (C=O) groups excluding carboxylic acids is 1. The van der Waals surface area contributed by atoms with Crippen molar-refractivity contribution in [1.29, 1.82) is 0 Å². The lowest BCUT2D eigenvalue weighted by Crippen LogP contribution is -2.27. The number of halogens is 1. The molecule has 1 heterocycles. The number of carboxylic acids is 1. The molecule has 0 aliphatic heterocycles. The average molecular weight is 294 g/mol. The number of hydrogen-bond donors (Lipinski definition) is 3. The fraction of sp³-hybridized carbons (Fsp3) is 0.286. The van der Waals surface area contributed by atoms with E-state index in [0.29, 0.717) is 5.52 Å². The molecule has 0 fully saturated rings. The van der Waals surface area contributed by atoms with Gasteiger partial charge in [-0.3, -0.25) is 5.32 Å². The lowest BCUT2D eigenvalue weighted by molar-refractivity contribution is 0.0636. The Bertz CT molecular complexity index is 716. The summed E-state index contributed by atoms with van der Waals surface area (Å²) in [5, 5.41) is 11.8. The highest BCUT2D eigenvalue weighted by Gasteiger charge is 2.22. The van der Waals surface area contributed by atoms with Crippen LogP contribution in [0.1, 0.15) is 31.3 Å². The number of fused-ring (bicyclic) bond motifs is 1. The third kappa shape index (κ3) is 3.31. The maximum atomic E-state index is 13.3. The fourth-order valence-corrected chi connectivity index (χ4v) is 1.86. The number of aromatic amines is 1. The van der Waals surface area contributed by atoms with Gasteiger partial charge in [0.25, 0.3) is 0 Å². The number of rotatable bonds is 2. The van der Waals surface area contributed by atoms with E-state index >= 15 is 0 Å². The molecule has 0 bridgehead atoms. The van der Waals surface area contributed by atoms with Crippen molar-refractivity contribution >= 4 is 28.7 Å². The second-order valence-electron chi connectivity index (χ2n) is 5.50. The van der Waals surface area contributed by atoms with Gasteiger partial charge in [0.05, 0.1) is 5.69 Å². The summed E-state index contributed by atoms with van der Waals surface area (Å²) in [6.45, 7) is 5.04. The maximum Gasteiger partial charge on any atom is 0.412 e. The van der Waals surface area contributed by atoms with Gasteiger partial charge in [0.15, 0.2) is 0 Å². The number of benzene rings is 1. The van der Waals surface area contributed by atoms with Gasteiger partial charge in [0.2, 0.25) is 0 Å². The first-order valence-corrected chi connectivity index (χ1v) is 6.22. The van der Waals surface area contributed by atoms with Gasteiger partial charge in [0.1, 0.15) is 17.1 Å². The summed E-state index contributed by atoms with van der Waals surface area (Å²) in [7, 11) is 0. The van der Waals surface area contributed by atoms with E-state index in [2.05, 4.69) is 10.3 Å². The predicted octanol–water partition coefficient (Wildman–Crippen LogP) is 3.35. The maximum absolute atomic E-state index is 13.3. The lowest BCUT2D eigenvalue weighted by Gasteiger charge is -2.19. The molecule has 6 nitrogen and oxygen atoms in total. The van der Waals surface area contributed by atoms with Crippen LogP contribution in [0.15, 0.2) is 18.2 Å². The number of carbonyl (C=O) groups is 2. The highest BCUT2D eigenvalue weighted by molar-refractivity contribution is 6.09. The van der Waals surface area contributed by atoms with Gasteiger partial charge >= 0.3 is 12.1 Å². The van der Waals surface area contributed by atoms with Crippen molar-refractivity contribution < 1.29 is 23.8 Å². The summed E-state index contributed by atoms with van der Waals surface area (Å²) in [5.74, 6) is -1.80. The Morgan fingerprint density at radius 2 is 2.00 bits per heavy atom. The number of nitrogens with one attached hydrogen (secondary N) is 2. The molecule has 21 heavy (non-hydrogen) atoms. The number of aromatic carboxylic acids is 1. The number of ether oxygens (including phenoxy) is 1. The van der Waals surface area contributed by atoms with E-state index < -0.39 is 23.5 Å². The number of carboxylic acid groups (broad SMARTS) is 1. The second-order valence-corrected chi connectivity index (χ2v) is 5.50. The molecule has 2 rings (SSSR count). The fourth-order valence-electron chi connectivity index (χ4n) is 1.86. The third-order valence-electron chi connectivity index (χ3n) is 2.60. The molecule has 0 aliphatic rings. The Morgan fingerprint density at radius 1 is 1.33 bits per heavy atom. The Labute approximate surface area is 119 Å². The zero-order valence-corrected chi connectivity index (χ0v) is 11.8. The van der Waals surface area contributed by atoms with Crippen LogP contribution in [0.25, 0.3) is 10.9 Å². The largest absolute Gasteiger partial charge is 0.477 e. The molecule has 0 radical (unpaired) electrons. The highest BCUT2D eigenvalue weighted by Crippen LogP contribution is 2.29. The summed E-state index contributed by atoms with van der Waals surface area (Å²) in [5.41, 5.74) is -0.585. The highest BCUT2D eigenvalue weighted by atomic mass is 19.1. The lowest BCUT2D eigenvalue weighted by atomic mass is 10.2. The van der Waals surface area contributed by atoms with Crippen LogP contribution in [0.2, 0.25) is 0 Å². The van der Waals surface area contributed by atoms with Crippen LogP contribution in [-0.4, -0.2) is 27.8 Å². The molecule has 3 N–H and O–H groups in total. The SMILES string of the molecule is CC(C)(C)OC(=O)Nc1c(C(=O)O)[nH]c2ccc(F)cc12. The van der Waals surface area contributed by atoms with Crippen LogP contribution >= 0.6 is 0 Å². The zero-order valence-electron chi connectivity index (χ0n) is 11.8. The minimum absolute atomic E-state index is 0.0220. The normalized spacial score (nSPS) is 11.4. The molecule has 0 aliphatic carbocycles. The van der Waals surface area contributed by atoms with Crippen molar-refractivity contribution in [3.63, 3.8) is 0 Å². The van der Waals surface area contributed by atoms with Crippen LogP contribution < -0.4 is 5.32 Å². The van der Waals surface area contributed by atoms with E-state index in [1.54, 1.807) is 20.8 Å². The van der Waals surface area contributed by atoms with Gasteiger partial charge in [-0.15, -0.1) is 0 Å². The van der Waals surface area contributed by atoms with Gasteiger partial charge in [0, 0.05) is 10.9 Å². The Balaban J connectivity index is 2.45. The molecule has 1 aromatic heterocycles. The van der Waals surface area contributed by atoms with E-state index in [-0.39, 0.29) is 16.8 Å². The van der Waals surface area contributed by atoms with Crippen molar-refractivity contribution in [3.8, 4) is 0 Å². The topological polar surface area (TPSA) is 91.4 Å².